The molecule has 8 nitrogen and oxygen atoms in total. The van der Waals surface area contributed by atoms with Crippen LogP contribution in [0.4, 0.5) is 5.69 Å². The third kappa shape index (κ3) is 2.91. The topological polar surface area (TPSA) is 79.8 Å². The van der Waals surface area contributed by atoms with Gasteiger partial charge in [0.2, 0.25) is 0 Å². The molecule has 1 atom stereocenters. The molecule has 0 aliphatic carbocycles. The van der Waals surface area contributed by atoms with Gasteiger partial charge in [0.05, 0.1) is 23.3 Å². The number of pyridine rings is 1. The highest BCUT2D eigenvalue weighted by molar-refractivity contribution is 5.60. The summed E-state index contributed by atoms with van der Waals surface area (Å²) in [5, 5.41) is 7.98. The molecule has 5 rings (SSSR count). The van der Waals surface area contributed by atoms with Gasteiger partial charge in [-0.2, -0.15) is 5.10 Å². The van der Waals surface area contributed by atoms with Crippen LogP contribution in [0.15, 0.2) is 47.5 Å². The van der Waals surface area contributed by atoms with Crippen molar-refractivity contribution in [3.8, 4) is 11.4 Å². The highest BCUT2D eigenvalue weighted by Gasteiger charge is 2.17. The summed E-state index contributed by atoms with van der Waals surface area (Å²) in [7, 11) is 0. The van der Waals surface area contributed by atoms with E-state index in [0.29, 0.717) is 23.1 Å². The Morgan fingerprint density at radius 3 is 2.79 bits per heavy atom. The summed E-state index contributed by atoms with van der Waals surface area (Å²) in [5.41, 5.74) is 4.39. The lowest BCUT2D eigenvalue weighted by Gasteiger charge is -2.33. The van der Waals surface area contributed by atoms with Gasteiger partial charge in [-0.05, 0) is 38.1 Å². The number of imidazole rings is 1. The summed E-state index contributed by atoms with van der Waals surface area (Å²) in [6.07, 6.45) is 3.73. The minimum atomic E-state index is -0.117. The summed E-state index contributed by atoms with van der Waals surface area (Å²) in [6.45, 7) is 6.86. The predicted molar refractivity (Wildman–Crippen MR) is 108 cm³/mol. The standard InChI is InChI=1S/C20H21N7O/c1-13-10-25(8-7-21-13)15-3-5-18-23-17(9-20(28)26(18)12-15)16-4-6-19-22-14(2)11-27(19)24-16/h3-6,9,11-13,21H,7-8,10H2,1-2H3/t13-/m1/s1. The molecule has 142 valence electrons. The molecule has 1 aliphatic rings. The van der Waals surface area contributed by atoms with E-state index in [-0.39, 0.29) is 5.56 Å². The van der Waals surface area contributed by atoms with Crippen molar-refractivity contribution in [1.29, 1.82) is 0 Å². The van der Waals surface area contributed by atoms with Crippen molar-refractivity contribution < 1.29 is 0 Å². The summed E-state index contributed by atoms with van der Waals surface area (Å²) >= 11 is 0. The zero-order valence-electron chi connectivity index (χ0n) is 15.8. The maximum Gasteiger partial charge on any atom is 0.258 e. The number of aryl methyl sites for hydroxylation is 1. The van der Waals surface area contributed by atoms with Gasteiger partial charge in [-0.25, -0.2) is 14.5 Å². The Morgan fingerprint density at radius 2 is 1.93 bits per heavy atom. The summed E-state index contributed by atoms with van der Waals surface area (Å²) < 4.78 is 3.31. The minimum Gasteiger partial charge on any atom is -0.368 e. The molecule has 4 aromatic rings. The number of hydrogen-bond acceptors (Lipinski definition) is 6. The van der Waals surface area contributed by atoms with Crippen LogP contribution in [0.5, 0.6) is 0 Å². The van der Waals surface area contributed by atoms with Gasteiger partial charge >= 0.3 is 0 Å². The molecule has 1 fully saturated rings. The zero-order chi connectivity index (χ0) is 19.3. The van der Waals surface area contributed by atoms with E-state index in [1.54, 1.807) is 8.92 Å². The van der Waals surface area contributed by atoms with Crippen molar-refractivity contribution in [2.75, 3.05) is 24.5 Å². The zero-order valence-corrected chi connectivity index (χ0v) is 15.8. The number of rotatable bonds is 2. The van der Waals surface area contributed by atoms with E-state index in [9.17, 15) is 4.79 Å². The molecule has 28 heavy (non-hydrogen) atoms. The average molecular weight is 375 g/mol. The molecule has 1 N–H and O–H groups in total. The summed E-state index contributed by atoms with van der Waals surface area (Å²) in [6, 6.07) is 9.61. The number of nitrogens with zero attached hydrogens (tertiary/aromatic N) is 6. The first-order chi connectivity index (χ1) is 13.6. The van der Waals surface area contributed by atoms with Gasteiger partial charge in [0.25, 0.3) is 5.56 Å². The molecular formula is C20H21N7O. The van der Waals surface area contributed by atoms with E-state index >= 15 is 0 Å². The van der Waals surface area contributed by atoms with Crippen molar-refractivity contribution in [3.05, 3.63) is 58.8 Å². The fraction of sp³-hybridized carbons (Fsp3) is 0.300. The molecule has 0 bridgehead atoms. The van der Waals surface area contributed by atoms with Gasteiger partial charge in [-0.15, -0.1) is 0 Å². The number of fused-ring (bicyclic) bond motifs is 2. The SMILES string of the molecule is Cc1cn2nc(-c3cc(=O)n4cc(N5CCN[C@H](C)C5)ccc4n3)ccc2n1. The predicted octanol–water partition coefficient (Wildman–Crippen LogP) is 1.51. The number of nitrogens with one attached hydrogen (secondary N) is 1. The molecule has 0 radical (unpaired) electrons. The minimum absolute atomic E-state index is 0.117. The summed E-state index contributed by atoms with van der Waals surface area (Å²) in [5.74, 6) is 0. The number of aromatic nitrogens is 5. The van der Waals surface area contributed by atoms with Crippen molar-refractivity contribution in [2.45, 2.75) is 19.9 Å². The normalized spacial score (nSPS) is 17.5. The van der Waals surface area contributed by atoms with E-state index in [1.807, 2.05) is 43.6 Å². The molecule has 8 heteroatoms. The van der Waals surface area contributed by atoms with Gasteiger partial charge < -0.3 is 10.2 Å². The van der Waals surface area contributed by atoms with Gasteiger partial charge in [-0.3, -0.25) is 9.20 Å². The van der Waals surface area contributed by atoms with Gasteiger partial charge in [0.1, 0.15) is 11.3 Å². The van der Waals surface area contributed by atoms with Crippen molar-refractivity contribution in [1.82, 2.24) is 29.3 Å². The first-order valence-electron chi connectivity index (χ1n) is 9.42. The molecule has 4 aromatic heterocycles. The maximum atomic E-state index is 12.8. The molecule has 1 aliphatic heterocycles. The highest BCUT2D eigenvalue weighted by Crippen LogP contribution is 2.19. The van der Waals surface area contributed by atoms with E-state index in [4.69, 9.17) is 0 Å². The molecule has 0 saturated carbocycles. The summed E-state index contributed by atoms with van der Waals surface area (Å²) in [4.78, 5) is 24.1. The third-order valence-corrected chi connectivity index (χ3v) is 5.08. The van der Waals surface area contributed by atoms with Crippen LogP contribution in [0, 0.1) is 6.92 Å². The molecule has 0 aromatic carbocycles. The van der Waals surface area contributed by atoms with Crippen LogP contribution in [0.2, 0.25) is 0 Å². The molecule has 5 heterocycles. The van der Waals surface area contributed by atoms with Crippen LogP contribution < -0.4 is 15.8 Å². The molecule has 0 spiro atoms. The fourth-order valence-corrected chi connectivity index (χ4v) is 3.71. The highest BCUT2D eigenvalue weighted by atomic mass is 16.1. The van der Waals surface area contributed by atoms with Crippen LogP contribution in [-0.2, 0) is 0 Å². The van der Waals surface area contributed by atoms with E-state index in [1.165, 1.54) is 6.07 Å². The van der Waals surface area contributed by atoms with E-state index in [2.05, 4.69) is 32.2 Å². The number of piperazine rings is 1. The van der Waals surface area contributed by atoms with Crippen LogP contribution in [0.25, 0.3) is 22.7 Å². The Morgan fingerprint density at radius 1 is 1.07 bits per heavy atom. The van der Waals surface area contributed by atoms with Crippen molar-refractivity contribution in [3.63, 3.8) is 0 Å². The van der Waals surface area contributed by atoms with Gasteiger partial charge in [0.15, 0.2) is 5.65 Å². The Labute approximate surface area is 161 Å². The monoisotopic (exact) mass is 375 g/mol. The van der Waals surface area contributed by atoms with Crippen LogP contribution in [0.3, 0.4) is 0 Å². The number of hydrogen-bond donors (Lipinski definition) is 1. The Kier molecular flexibility index (Phi) is 3.87. The van der Waals surface area contributed by atoms with Crippen LogP contribution in [0.1, 0.15) is 12.6 Å². The smallest absolute Gasteiger partial charge is 0.258 e. The van der Waals surface area contributed by atoms with Crippen molar-refractivity contribution in [2.24, 2.45) is 0 Å². The quantitative estimate of drug-likeness (QED) is 0.572. The second kappa shape index (κ2) is 6.42. The van der Waals surface area contributed by atoms with Crippen LogP contribution >= 0.6 is 0 Å². The Balaban J connectivity index is 1.56. The van der Waals surface area contributed by atoms with Gasteiger partial charge in [-0.1, -0.05) is 0 Å². The second-order valence-corrected chi connectivity index (χ2v) is 7.30. The molecule has 1 saturated heterocycles. The third-order valence-electron chi connectivity index (χ3n) is 5.08. The number of anilines is 1. The Hall–Kier alpha value is -3.26. The maximum absolute atomic E-state index is 12.8. The first kappa shape index (κ1) is 16.9. The average Bonchev–Trinajstić information content (AvgIpc) is 3.07. The lowest BCUT2D eigenvalue weighted by molar-refractivity contribution is 0.484. The molecular weight excluding hydrogens is 354 g/mol. The van der Waals surface area contributed by atoms with E-state index < -0.39 is 0 Å². The largest absolute Gasteiger partial charge is 0.368 e. The van der Waals surface area contributed by atoms with Crippen molar-refractivity contribution >= 4 is 17.0 Å². The Bertz CT molecular complexity index is 1240. The first-order valence-corrected chi connectivity index (χ1v) is 9.42. The van der Waals surface area contributed by atoms with E-state index in [0.717, 1.165) is 36.7 Å². The van der Waals surface area contributed by atoms with Crippen LogP contribution in [-0.4, -0.2) is 49.7 Å². The lowest BCUT2D eigenvalue weighted by atomic mass is 10.2. The molecule has 0 unspecified atom stereocenters. The fourth-order valence-electron chi connectivity index (χ4n) is 3.71. The lowest BCUT2D eigenvalue weighted by Crippen LogP contribution is -2.49. The second-order valence-electron chi connectivity index (χ2n) is 7.30. The van der Waals surface area contributed by atoms with Gasteiger partial charge in [0, 0.05) is 37.9 Å². The molecule has 0 amide bonds.